The summed E-state index contributed by atoms with van der Waals surface area (Å²) in [5, 5.41) is 8.76. The van der Waals surface area contributed by atoms with Gasteiger partial charge in [-0.15, -0.1) is 0 Å². The summed E-state index contributed by atoms with van der Waals surface area (Å²) in [5.74, 6) is 0.0348. The lowest BCUT2D eigenvalue weighted by atomic mass is 10.1. The van der Waals surface area contributed by atoms with E-state index in [0.717, 1.165) is 18.6 Å². The molecule has 2 aliphatic rings. The van der Waals surface area contributed by atoms with Crippen molar-refractivity contribution >= 4 is 23.9 Å². The monoisotopic (exact) mass is 246 g/mol. The molecule has 2 heterocycles. The average Bonchev–Trinajstić information content (AvgIpc) is 2.72. The maximum Gasteiger partial charge on any atom is 0.509 e. The van der Waals surface area contributed by atoms with Crippen LogP contribution in [-0.4, -0.2) is 40.4 Å². The van der Waals surface area contributed by atoms with Crippen molar-refractivity contribution in [1.29, 1.82) is 0 Å². The van der Waals surface area contributed by atoms with Gasteiger partial charge < -0.3 is 14.6 Å². The van der Waals surface area contributed by atoms with E-state index in [1.54, 1.807) is 11.8 Å². The number of aliphatic carboxylic acids is 1. The molecule has 1 N–H and O–H groups in total. The van der Waals surface area contributed by atoms with Crippen LogP contribution in [0.5, 0.6) is 0 Å². The molecule has 0 aliphatic carbocycles. The Bertz CT molecular complexity index is 293. The predicted molar refractivity (Wildman–Crippen MR) is 57.5 cm³/mol. The van der Waals surface area contributed by atoms with Crippen molar-refractivity contribution < 1.29 is 24.2 Å². The van der Waals surface area contributed by atoms with Crippen molar-refractivity contribution in [3.63, 3.8) is 0 Å². The first-order valence-corrected chi connectivity index (χ1v) is 6.42. The van der Waals surface area contributed by atoms with Gasteiger partial charge in [-0.1, -0.05) is 6.42 Å². The Morgan fingerprint density at radius 2 is 2.25 bits per heavy atom. The van der Waals surface area contributed by atoms with E-state index in [9.17, 15) is 9.59 Å². The third-order valence-corrected chi connectivity index (χ3v) is 4.27. The van der Waals surface area contributed by atoms with E-state index < -0.39 is 12.1 Å². The van der Waals surface area contributed by atoms with Crippen molar-refractivity contribution in [3.05, 3.63) is 0 Å². The summed E-state index contributed by atoms with van der Waals surface area (Å²) in [6.45, 7) is 0. The van der Waals surface area contributed by atoms with Gasteiger partial charge in [0.2, 0.25) is 0 Å². The molecule has 2 rings (SSSR count). The number of thioether (sulfide) groups is 1. The van der Waals surface area contributed by atoms with Crippen LogP contribution in [-0.2, 0) is 14.3 Å². The highest BCUT2D eigenvalue weighted by Crippen LogP contribution is 2.38. The molecule has 0 aromatic carbocycles. The van der Waals surface area contributed by atoms with Crippen LogP contribution in [0.1, 0.15) is 25.7 Å². The van der Waals surface area contributed by atoms with Crippen molar-refractivity contribution in [1.82, 2.24) is 0 Å². The van der Waals surface area contributed by atoms with Crippen LogP contribution >= 0.6 is 11.8 Å². The van der Waals surface area contributed by atoms with Gasteiger partial charge in [0.25, 0.3) is 0 Å². The predicted octanol–water partition coefficient (Wildman–Crippen LogP) is 1.65. The van der Waals surface area contributed by atoms with E-state index >= 15 is 0 Å². The first kappa shape index (κ1) is 11.6. The van der Waals surface area contributed by atoms with Crippen molar-refractivity contribution in [3.8, 4) is 0 Å². The normalized spacial score (nSPS) is 32.0. The summed E-state index contributed by atoms with van der Waals surface area (Å²) in [7, 11) is 0. The number of carbonyl (C=O) groups excluding carboxylic acids is 1. The minimum Gasteiger partial charge on any atom is -0.481 e. The minimum atomic E-state index is -0.757. The molecule has 6 heteroatoms. The number of unbranched alkanes of at least 4 members (excludes halogenated alkanes) is 1. The second kappa shape index (κ2) is 4.95. The van der Waals surface area contributed by atoms with E-state index in [1.807, 2.05) is 0 Å². The first-order chi connectivity index (χ1) is 7.66. The number of carboxylic acids is 1. The van der Waals surface area contributed by atoms with E-state index in [1.165, 1.54) is 0 Å². The number of carbonyl (C=O) groups is 2. The van der Waals surface area contributed by atoms with Gasteiger partial charge in [0.1, 0.15) is 0 Å². The molecule has 1 unspecified atom stereocenters. The maximum atomic E-state index is 10.9. The summed E-state index contributed by atoms with van der Waals surface area (Å²) < 4.78 is 10.1. The molecule has 0 aromatic heterocycles. The molecular weight excluding hydrogens is 232 g/mol. The Hall–Kier alpha value is -0.910. The molecule has 90 valence electrons. The molecule has 0 saturated carbocycles. The average molecular weight is 246 g/mol. The number of hydrogen-bond donors (Lipinski definition) is 1. The fraction of sp³-hybridized carbons (Fsp3) is 0.800. The van der Waals surface area contributed by atoms with Crippen LogP contribution in [0.25, 0.3) is 0 Å². The van der Waals surface area contributed by atoms with Crippen LogP contribution in [0.15, 0.2) is 0 Å². The first-order valence-electron chi connectivity index (χ1n) is 5.37. The number of ether oxygens (including phenoxy) is 2. The topological polar surface area (TPSA) is 72.8 Å². The van der Waals surface area contributed by atoms with Crippen LogP contribution in [0.3, 0.4) is 0 Å². The molecular formula is C10H14O5S. The second-order valence-corrected chi connectivity index (χ2v) is 5.27. The molecule has 3 atom stereocenters. The highest BCUT2D eigenvalue weighted by atomic mass is 32.2. The molecule has 2 aliphatic heterocycles. The van der Waals surface area contributed by atoms with Crippen molar-refractivity contribution in [2.24, 2.45) is 0 Å². The lowest BCUT2D eigenvalue weighted by Gasteiger charge is -2.13. The Kier molecular flexibility index (Phi) is 3.58. The van der Waals surface area contributed by atoms with Crippen molar-refractivity contribution in [2.45, 2.75) is 43.1 Å². The molecule has 5 nitrogen and oxygen atoms in total. The fourth-order valence-electron chi connectivity index (χ4n) is 2.03. The zero-order valence-electron chi connectivity index (χ0n) is 8.76. The molecule has 2 saturated heterocycles. The summed E-state index contributed by atoms with van der Waals surface area (Å²) in [6, 6.07) is 0. The highest BCUT2D eigenvalue weighted by Gasteiger charge is 2.46. The van der Waals surface area contributed by atoms with Crippen LogP contribution < -0.4 is 0 Å². The van der Waals surface area contributed by atoms with Crippen LogP contribution in [0.4, 0.5) is 4.79 Å². The summed E-state index contributed by atoms with van der Waals surface area (Å²) in [5.41, 5.74) is 0. The third kappa shape index (κ3) is 2.61. The van der Waals surface area contributed by atoms with E-state index in [4.69, 9.17) is 14.6 Å². The minimum absolute atomic E-state index is 0.0954. The van der Waals surface area contributed by atoms with Gasteiger partial charge in [0.15, 0.2) is 12.2 Å². The van der Waals surface area contributed by atoms with Crippen LogP contribution in [0.2, 0.25) is 0 Å². The standard InChI is InChI=1S/C10H14O5S/c11-8(12)4-2-1-3-7-9-6(5-16-7)14-10(13)15-9/h6-7,9H,1-5H2,(H,11,12)/t6?,7-,9-/m0/s1. The van der Waals surface area contributed by atoms with Gasteiger partial charge in [0, 0.05) is 17.4 Å². The SMILES string of the molecule is O=C(O)CCCC[C@@H]1SCC2OC(=O)O[C@@H]21. The molecule has 0 amide bonds. The van der Waals surface area contributed by atoms with Gasteiger partial charge in [-0.3, -0.25) is 4.79 Å². The Balaban J connectivity index is 1.70. The lowest BCUT2D eigenvalue weighted by Crippen LogP contribution is -2.26. The fourth-order valence-corrected chi connectivity index (χ4v) is 3.48. The largest absolute Gasteiger partial charge is 0.509 e. The molecule has 2 fully saturated rings. The number of carboxylic acid groups (broad SMARTS) is 1. The zero-order chi connectivity index (χ0) is 11.5. The quantitative estimate of drug-likeness (QED) is 0.587. The van der Waals surface area contributed by atoms with Gasteiger partial charge in [-0.05, 0) is 12.8 Å². The Labute approximate surface area is 97.5 Å². The van der Waals surface area contributed by atoms with Crippen molar-refractivity contribution in [2.75, 3.05) is 5.75 Å². The summed E-state index contributed by atoms with van der Waals surface area (Å²) in [6.07, 6.45) is 1.84. The second-order valence-electron chi connectivity index (χ2n) is 4.00. The van der Waals surface area contributed by atoms with Gasteiger partial charge in [-0.25, -0.2) is 4.79 Å². The summed E-state index contributed by atoms with van der Waals surface area (Å²) in [4.78, 5) is 21.2. The summed E-state index contributed by atoms with van der Waals surface area (Å²) >= 11 is 1.75. The Morgan fingerprint density at radius 3 is 3.00 bits per heavy atom. The van der Waals surface area contributed by atoms with E-state index in [-0.39, 0.29) is 23.9 Å². The Morgan fingerprint density at radius 1 is 1.44 bits per heavy atom. The van der Waals surface area contributed by atoms with Gasteiger partial charge in [0.05, 0.1) is 0 Å². The zero-order valence-corrected chi connectivity index (χ0v) is 9.57. The van der Waals surface area contributed by atoms with E-state index in [0.29, 0.717) is 6.42 Å². The van der Waals surface area contributed by atoms with Gasteiger partial charge in [-0.2, -0.15) is 11.8 Å². The number of fused-ring (bicyclic) bond motifs is 1. The maximum absolute atomic E-state index is 10.9. The molecule has 0 spiro atoms. The number of rotatable bonds is 5. The molecule has 0 aromatic rings. The molecule has 0 radical (unpaired) electrons. The van der Waals surface area contributed by atoms with Gasteiger partial charge >= 0.3 is 12.1 Å². The smallest absolute Gasteiger partial charge is 0.481 e. The third-order valence-electron chi connectivity index (χ3n) is 2.82. The molecule has 0 bridgehead atoms. The lowest BCUT2D eigenvalue weighted by molar-refractivity contribution is -0.137. The molecule has 16 heavy (non-hydrogen) atoms. The van der Waals surface area contributed by atoms with E-state index in [2.05, 4.69) is 0 Å². The highest BCUT2D eigenvalue weighted by molar-refractivity contribution is 8.00. The number of hydrogen-bond acceptors (Lipinski definition) is 5. The van der Waals surface area contributed by atoms with Crippen LogP contribution in [0, 0.1) is 0 Å².